The number of para-hydroxylation sites is 1. The monoisotopic (exact) mass is 351 g/mol. The maximum atomic E-state index is 12.5. The van der Waals surface area contributed by atoms with Crippen LogP contribution in [0.15, 0.2) is 28.0 Å². The van der Waals surface area contributed by atoms with Gasteiger partial charge in [-0.05, 0) is 43.9 Å². The Morgan fingerprint density at radius 2 is 1.88 bits per heavy atom. The summed E-state index contributed by atoms with van der Waals surface area (Å²) >= 11 is 0. The van der Waals surface area contributed by atoms with E-state index < -0.39 is 5.56 Å². The molecule has 0 radical (unpaired) electrons. The van der Waals surface area contributed by atoms with E-state index in [9.17, 15) is 15.2 Å². The maximum Gasteiger partial charge on any atom is 0.271 e. The number of hydrogen-bond donors (Lipinski definition) is 1. The third-order valence-corrected chi connectivity index (χ3v) is 4.59. The van der Waals surface area contributed by atoms with Gasteiger partial charge in [-0.3, -0.25) is 14.4 Å². The van der Waals surface area contributed by atoms with E-state index in [4.69, 9.17) is 0 Å². The molecule has 0 saturated heterocycles. The second-order valence-corrected chi connectivity index (χ2v) is 6.51. The van der Waals surface area contributed by atoms with E-state index in [1.807, 2.05) is 38.1 Å². The number of aryl methyl sites for hydroxylation is 2. The zero-order chi connectivity index (χ0) is 19.3. The predicted octanol–water partition coefficient (Wildman–Crippen LogP) is 4.29. The van der Waals surface area contributed by atoms with E-state index in [2.05, 4.69) is 11.9 Å². The van der Waals surface area contributed by atoms with E-state index >= 15 is 0 Å². The normalized spacial score (nSPS) is 11.0. The van der Waals surface area contributed by atoms with Crippen molar-refractivity contribution in [2.75, 3.05) is 0 Å². The molecular formula is C21H25N3O2. The number of aromatic nitrogens is 1. The Balaban J connectivity index is 2.58. The quantitative estimate of drug-likeness (QED) is 0.623. The smallest absolute Gasteiger partial charge is 0.271 e. The highest BCUT2D eigenvalue weighted by Gasteiger charge is 2.17. The summed E-state index contributed by atoms with van der Waals surface area (Å²) in [5.74, 6) is -0.127. The van der Waals surface area contributed by atoms with Crippen LogP contribution in [0, 0.1) is 32.1 Å². The molecule has 0 aliphatic rings. The minimum Gasteiger partial charge on any atom is -0.494 e. The topological polar surface area (TPSA) is 78.4 Å². The number of pyridine rings is 1. The first-order chi connectivity index (χ1) is 12.4. The lowest BCUT2D eigenvalue weighted by atomic mass is 10.1. The number of unbranched alkanes of at least 4 members (excludes halogenated alkanes) is 2. The SMILES string of the molecule is CCCCCn1c(O)c(C=Nc2c(C)cccc2C)c(C)c(C#N)c1=O. The first kappa shape index (κ1) is 19.5. The van der Waals surface area contributed by atoms with Crippen molar-refractivity contribution >= 4 is 11.9 Å². The minimum absolute atomic E-state index is 0.0576. The summed E-state index contributed by atoms with van der Waals surface area (Å²) in [6.45, 7) is 8.07. The highest BCUT2D eigenvalue weighted by molar-refractivity contribution is 5.87. The van der Waals surface area contributed by atoms with Crippen molar-refractivity contribution in [3.8, 4) is 11.9 Å². The van der Waals surface area contributed by atoms with Crippen molar-refractivity contribution < 1.29 is 5.11 Å². The highest BCUT2D eigenvalue weighted by Crippen LogP contribution is 2.25. The molecule has 1 aromatic carbocycles. The molecule has 2 rings (SSSR count). The predicted molar refractivity (Wildman–Crippen MR) is 105 cm³/mol. The van der Waals surface area contributed by atoms with E-state index in [0.717, 1.165) is 36.1 Å². The summed E-state index contributed by atoms with van der Waals surface area (Å²) < 4.78 is 1.28. The van der Waals surface area contributed by atoms with Gasteiger partial charge in [0, 0.05) is 12.8 Å². The van der Waals surface area contributed by atoms with Gasteiger partial charge >= 0.3 is 0 Å². The fourth-order valence-corrected chi connectivity index (χ4v) is 2.99. The lowest BCUT2D eigenvalue weighted by Gasteiger charge is -2.14. The van der Waals surface area contributed by atoms with Gasteiger partial charge in [-0.1, -0.05) is 38.0 Å². The molecule has 1 N–H and O–H groups in total. The average molecular weight is 351 g/mol. The average Bonchev–Trinajstić information content (AvgIpc) is 2.60. The van der Waals surface area contributed by atoms with Crippen molar-refractivity contribution in [3.05, 3.63) is 56.4 Å². The molecular weight excluding hydrogens is 326 g/mol. The van der Waals surface area contributed by atoms with Crippen LogP contribution in [0.1, 0.15) is 54.0 Å². The van der Waals surface area contributed by atoms with Gasteiger partial charge in [-0.15, -0.1) is 0 Å². The summed E-state index contributed by atoms with van der Waals surface area (Å²) in [4.78, 5) is 17.0. The lowest BCUT2D eigenvalue weighted by molar-refractivity contribution is 0.398. The van der Waals surface area contributed by atoms with Gasteiger partial charge in [0.15, 0.2) is 0 Å². The van der Waals surface area contributed by atoms with Crippen LogP contribution in [-0.4, -0.2) is 15.9 Å². The van der Waals surface area contributed by atoms with Gasteiger partial charge in [0.2, 0.25) is 5.88 Å². The third-order valence-electron chi connectivity index (χ3n) is 4.59. The van der Waals surface area contributed by atoms with Crippen LogP contribution in [-0.2, 0) is 6.54 Å². The first-order valence-corrected chi connectivity index (χ1v) is 8.89. The van der Waals surface area contributed by atoms with Crippen LogP contribution >= 0.6 is 0 Å². The van der Waals surface area contributed by atoms with Gasteiger partial charge in [0.25, 0.3) is 5.56 Å². The minimum atomic E-state index is -0.442. The van der Waals surface area contributed by atoms with Crippen LogP contribution < -0.4 is 5.56 Å². The molecule has 5 heteroatoms. The molecule has 0 bridgehead atoms. The highest BCUT2D eigenvalue weighted by atomic mass is 16.3. The van der Waals surface area contributed by atoms with Gasteiger partial charge < -0.3 is 5.11 Å². The number of hydrogen-bond acceptors (Lipinski definition) is 4. The molecule has 0 atom stereocenters. The van der Waals surface area contributed by atoms with Crippen molar-refractivity contribution in [3.63, 3.8) is 0 Å². The molecule has 1 aromatic heterocycles. The van der Waals surface area contributed by atoms with Gasteiger partial charge in [-0.25, -0.2) is 0 Å². The summed E-state index contributed by atoms with van der Waals surface area (Å²) in [6, 6.07) is 7.89. The van der Waals surface area contributed by atoms with Crippen LogP contribution in [0.25, 0.3) is 0 Å². The number of aliphatic imine (C=N–C) groups is 1. The zero-order valence-corrected chi connectivity index (χ0v) is 15.8. The third kappa shape index (κ3) is 3.85. The summed E-state index contributed by atoms with van der Waals surface area (Å²) in [6.07, 6.45) is 4.28. The standard InChI is InChI=1S/C21H25N3O2/c1-5-6-7-11-24-20(25)17(12-22)16(4)18(21(24)26)13-23-19-14(2)9-8-10-15(19)3/h8-10,13,26H,5-7,11H2,1-4H3. The van der Waals surface area contributed by atoms with E-state index in [1.54, 1.807) is 13.1 Å². The van der Waals surface area contributed by atoms with Crippen molar-refractivity contribution in [2.45, 2.75) is 53.5 Å². The second-order valence-electron chi connectivity index (χ2n) is 6.51. The molecule has 2 aromatic rings. The molecule has 0 saturated carbocycles. The summed E-state index contributed by atoms with van der Waals surface area (Å²) in [5, 5.41) is 20.0. The number of rotatable bonds is 6. The number of aromatic hydroxyl groups is 1. The van der Waals surface area contributed by atoms with Crippen molar-refractivity contribution in [1.82, 2.24) is 4.57 Å². The Labute approximate surface area is 154 Å². The second kappa shape index (κ2) is 8.48. The van der Waals surface area contributed by atoms with Gasteiger partial charge in [0.1, 0.15) is 11.6 Å². The summed E-state index contributed by atoms with van der Waals surface area (Å²) in [5.41, 5.74) is 3.36. The zero-order valence-electron chi connectivity index (χ0n) is 15.8. The molecule has 1 heterocycles. The summed E-state index contributed by atoms with van der Waals surface area (Å²) in [7, 11) is 0. The van der Waals surface area contributed by atoms with Crippen molar-refractivity contribution in [1.29, 1.82) is 5.26 Å². The van der Waals surface area contributed by atoms with Crippen LogP contribution in [0.3, 0.4) is 0 Å². The fourth-order valence-electron chi connectivity index (χ4n) is 2.99. The Hall–Kier alpha value is -2.87. The van der Waals surface area contributed by atoms with Crippen LogP contribution in [0.4, 0.5) is 5.69 Å². The van der Waals surface area contributed by atoms with E-state index in [0.29, 0.717) is 17.7 Å². The molecule has 136 valence electrons. The lowest BCUT2D eigenvalue weighted by Crippen LogP contribution is -2.25. The molecule has 0 fully saturated rings. The Bertz CT molecular complexity index is 913. The van der Waals surface area contributed by atoms with Gasteiger partial charge in [-0.2, -0.15) is 5.26 Å². The number of nitriles is 1. The fraction of sp³-hybridized carbons (Fsp3) is 0.381. The van der Waals surface area contributed by atoms with Gasteiger partial charge in [0.05, 0.1) is 11.3 Å². The van der Waals surface area contributed by atoms with E-state index in [1.165, 1.54) is 4.57 Å². The van der Waals surface area contributed by atoms with E-state index in [-0.39, 0.29) is 11.4 Å². The Kier molecular flexibility index (Phi) is 6.35. The molecule has 0 aliphatic heterocycles. The molecule has 0 unspecified atom stereocenters. The largest absolute Gasteiger partial charge is 0.494 e. The Morgan fingerprint density at radius 3 is 2.46 bits per heavy atom. The molecule has 0 aliphatic carbocycles. The number of nitrogens with zero attached hydrogens (tertiary/aromatic N) is 3. The maximum absolute atomic E-state index is 12.5. The molecule has 0 spiro atoms. The molecule has 26 heavy (non-hydrogen) atoms. The number of benzene rings is 1. The Morgan fingerprint density at radius 1 is 1.23 bits per heavy atom. The van der Waals surface area contributed by atoms with Crippen LogP contribution in [0.5, 0.6) is 5.88 Å². The molecule has 5 nitrogen and oxygen atoms in total. The van der Waals surface area contributed by atoms with Crippen LogP contribution in [0.2, 0.25) is 0 Å². The van der Waals surface area contributed by atoms with Crippen molar-refractivity contribution in [2.24, 2.45) is 4.99 Å². The first-order valence-electron chi connectivity index (χ1n) is 8.89. The molecule has 0 amide bonds.